The highest BCUT2D eigenvalue weighted by Gasteiger charge is 2.20. The van der Waals surface area contributed by atoms with Crippen LogP contribution in [0.3, 0.4) is 0 Å². The summed E-state index contributed by atoms with van der Waals surface area (Å²) >= 11 is 5.86. The van der Waals surface area contributed by atoms with Crippen LogP contribution in [0.1, 0.15) is 31.9 Å². The Hall–Kier alpha value is -2.40. The highest BCUT2D eigenvalue weighted by Crippen LogP contribution is 2.31. The first-order chi connectivity index (χ1) is 12.5. The van der Waals surface area contributed by atoms with Crippen LogP contribution >= 0.6 is 11.6 Å². The number of methoxy groups -OCH3 is 2. The molecule has 2 aromatic rings. The van der Waals surface area contributed by atoms with Crippen LogP contribution in [0.25, 0.3) is 0 Å². The van der Waals surface area contributed by atoms with Gasteiger partial charge in [-0.1, -0.05) is 24.6 Å². The lowest BCUT2D eigenvalue weighted by Crippen LogP contribution is -2.38. The normalized spacial score (nSPS) is 12.8. The molecule has 0 saturated heterocycles. The van der Waals surface area contributed by atoms with Crippen LogP contribution in [-0.4, -0.2) is 26.2 Å². The van der Waals surface area contributed by atoms with Gasteiger partial charge in [0, 0.05) is 5.02 Å². The predicted molar refractivity (Wildman–Crippen MR) is 102 cm³/mol. The zero-order chi connectivity index (χ0) is 19.1. The van der Waals surface area contributed by atoms with E-state index in [4.69, 9.17) is 25.8 Å². The lowest BCUT2D eigenvalue weighted by Gasteiger charge is -2.22. The summed E-state index contributed by atoms with van der Waals surface area (Å²) < 4.78 is 16.3. The van der Waals surface area contributed by atoms with Crippen molar-refractivity contribution in [3.05, 3.63) is 53.1 Å². The molecular formula is C20H24ClNO4. The molecule has 0 spiro atoms. The minimum absolute atomic E-state index is 0.154. The quantitative estimate of drug-likeness (QED) is 0.741. The second-order valence-corrected chi connectivity index (χ2v) is 6.23. The molecule has 0 fully saturated rings. The van der Waals surface area contributed by atoms with Crippen LogP contribution in [0.4, 0.5) is 0 Å². The van der Waals surface area contributed by atoms with Crippen LogP contribution < -0.4 is 19.5 Å². The molecule has 2 rings (SSSR count). The smallest absolute Gasteiger partial charge is 0.261 e. The summed E-state index contributed by atoms with van der Waals surface area (Å²) in [6.07, 6.45) is 0.0971. The SMILES string of the molecule is CC[C@H](NC(=O)[C@H](C)Oc1ccc(Cl)cc1)c1ccc(OC)c(OC)c1. The third-order valence-corrected chi connectivity index (χ3v) is 4.28. The molecule has 2 aromatic carbocycles. The Morgan fingerprint density at radius 3 is 2.31 bits per heavy atom. The van der Waals surface area contributed by atoms with Crippen molar-refractivity contribution in [1.29, 1.82) is 0 Å². The summed E-state index contributed by atoms with van der Waals surface area (Å²) in [6.45, 7) is 3.72. The first-order valence-electron chi connectivity index (χ1n) is 8.43. The number of hydrogen-bond donors (Lipinski definition) is 1. The lowest BCUT2D eigenvalue weighted by molar-refractivity contribution is -0.128. The van der Waals surface area contributed by atoms with Crippen molar-refractivity contribution in [3.63, 3.8) is 0 Å². The molecule has 0 radical (unpaired) electrons. The standard InChI is InChI=1S/C20H24ClNO4/c1-5-17(14-6-11-18(24-3)19(12-14)25-4)22-20(23)13(2)26-16-9-7-15(21)8-10-16/h6-13,17H,5H2,1-4H3,(H,22,23)/t13-,17-/m0/s1. The fraction of sp³-hybridized carbons (Fsp3) is 0.350. The minimum atomic E-state index is -0.634. The van der Waals surface area contributed by atoms with E-state index in [9.17, 15) is 4.79 Å². The van der Waals surface area contributed by atoms with E-state index in [0.29, 0.717) is 22.3 Å². The molecular weight excluding hydrogens is 354 g/mol. The third kappa shape index (κ3) is 5.05. The number of amides is 1. The maximum absolute atomic E-state index is 12.5. The summed E-state index contributed by atoms with van der Waals surface area (Å²) in [4.78, 5) is 12.5. The Kier molecular flexibility index (Phi) is 7.16. The van der Waals surface area contributed by atoms with Crippen LogP contribution in [0.5, 0.6) is 17.2 Å². The number of halogens is 1. The van der Waals surface area contributed by atoms with Gasteiger partial charge in [-0.25, -0.2) is 0 Å². The average molecular weight is 378 g/mol. The number of carbonyl (C=O) groups excluding carboxylic acids is 1. The second-order valence-electron chi connectivity index (χ2n) is 5.80. The van der Waals surface area contributed by atoms with Crippen molar-refractivity contribution in [2.45, 2.75) is 32.4 Å². The molecule has 0 aromatic heterocycles. The number of nitrogens with one attached hydrogen (secondary N) is 1. The maximum atomic E-state index is 12.5. The van der Waals surface area contributed by atoms with Gasteiger partial charge < -0.3 is 19.5 Å². The molecule has 2 atom stereocenters. The van der Waals surface area contributed by atoms with Crippen molar-refractivity contribution in [1.82, 2.24) is 5.32 Å². The van der Waals surface area contributed by atoms with Crippen molar-refractivity contribution in [2.75, 3.05) is 14.2 Å². The molecule has 6 heteroatoms. The van der Waals surface area contributed by atoms with E-state index in [1.807, 2.05) is 25.1 Å². The first kappa shape index (κ1) is 19.9. The van der Waals surface area contributed by atoms with Gasteiger partial charge in [0.1, 0.15) is 5.75 Å². The summed E-state index contributed by atoms with van der Waals surface area (Å²) in [5.41, 5.74) is 0.942. The minimum Gasteiger partial charge on any atom is -0.493 e. The molecule has 1 amide bonds. The molecule has 26 heavy (non-hydrogen) atoms. The maximum Gasteiger partial charge on any atom is 0.261 e. The summed E-state index contributed by atoms with van der Waals surface area (Å²) in [7, 11) is 3.18. The van der Waals surface area contributed by atoms with Crippen molar-refractivity contribution in [3.8, 4) is 17.2 Å². The largest absolute Gasteiger partial charge is 0.493 e. The van der Waals surface area contributed by atoms with E-state index in [0.717, 1.165) is 12.0 Å². The van der Waals surface area contributed by atoms with E-state index in [2.05, 4.69) is 5.32 Å². The lowest BCUT2D eigenvalue weighted by atomic mass is 10.0. The van der Waals surface area contributed by atoms with Gasteiger partial charge in [-0.05, 0) is 55.3 Å². The number of benzene rings is 2. The second kappa shape index (κ2) is 9.34. The molecule has 5 nitrogen and oxygen atoms in total. The Morgan fingerprint density at radius 2 is 1.73 bits per heavy atom. The van der Waals surface area contributed by atoms with Gasteiger partial charge in [-0.3, -0.25) is 4.79 Å². The summed E-state index contributed by atoms with van der Waals surface area (Å²) in [6, 6.07) is 12.4. The highest BCUT2D eigenvalue weighted by atomic mass is 35.5. The zero-order valence-corrected chi connectivity index (χ0v) is 16.2. The molecule has 0 heterocycles. The molecule has 0 aliphatic rings. The first-order valence-corrected chi connectivity index (χ1v) is 8.80. The van der Waals surface area contributed by atoms with E-state index >= 15 is 0 Å². The van der Waals surface area contributed by atoms with Crippen LogP contribution in [0.2, 0.25) is 5.02 Å². The van der Waals surface area contributed by atoms with Crippen molar-refractivity contribution in [2.24, 2.45) is 0 Å². The Balaban J connectivity index is 2.06. The average Bonchev–Trinajstić information content (AvgIpc) is 2.67. The van der Waals surface area contributed by atoms with E-state index in [1.54, 1.807) is 45.4 Å². The highest BCUT2D eigenvalue weighted by molar-refractivity contribution is 6.30. The van der Waals surface area contributed by atoms with Crippen LogP contribution in [-0.2, 0) is 4.79 Å². The molecule has 0 saturated carbocycles. The monoisotopic (exact) mass is 377 g/mol. The van der Waals surface area contributed by atoms with Crippen LogP contribution in [0.15, 0.2) is 42.5 Å². The number of ether oxygens (including phenoxy) is 3. The zero-order valence-electron chi connectivity index (χ0n) is 15.4. The van der Waals surface area contributed by atoms with E-state index < -0.39 is 6.10 Å². The Morgan fingerprint density at radius 1 is 1.08 bits per heavy atom. The molecule has 0 bridgehead atoms. The van der Waals surface area contributed by atoms with Gasteiger partial charge in [0.25, 0.3) is 5.91 Å². The summed E-state index contributed by atoms with van der Waals surface area (Å²) in [5.74, 6) is 1.68. The molecule has 0 aliphatic heterocycles. The van der Waals surface area contributed by atoms with Gasteiger partial charge in [0.15, 0.2) is 17.6 Å². The number of hydrogen-bond acceptors (Lipinski definition) is 4. The Labute approximate surface area is 159 Å². The Bertz CT molecular complexity index is 733. The fourth-order valence-electron chi connectivity index (χ4n) is 2.55. The van der Waals surface area contributed by atoms with Crippen molar-refractivity contribution >= 4 is 17.5 Å². The van der Waals surface area contributed by atoms with E-state index in [-0.39, 0.29) is 11.9 Å². The van der Waals surface area contributed by atoms with Crippen LogP contribution in [0, 0.1) is 0 Å². The van der Waals surface area contributed by atoms with Gasteiger partial charge in [-0.15, -0.1) is 0 Å². The predicted octanol–water partition coefficient (Wildman–Crippen LogP) is 4.39. The fourth-order valence-corrected chi connectivity index (χ4v) is 2.68. The van der Waals surface area contributed by atoms with Crippen molar-refractivity contribution < 1.29 is 19.0 Å². The van der Waals surface area contributed by atoms with Gasteiger partial charge in [0.05, 0.1) is 20.3 Å². The molecule has 0 aliphatic carbocycles. The molecule has 140 valence electrons. The van der Waals surface area contributed by atoms with Gasteiger partial charge in [-0.2, -0.15) is 0 Å². The number of carbonyl (C=O) groups is 1. The summed E-state index contributed by atoms with van der Waals surface area (Å²) in [5, 5.41) is 3.64. The van der Waals surface area contributed by atoms with Gasteiger partial charge in [0.2, 0.25) is 0 Å². The molecule has 1 N–H and O–H groups in total. The number of rotatable bonds is 8. The van der Waals surface area contributed by atoms with E-state index in [1.165, 1.54) is 0 Å². The van der Waals surface area contributed by atoms with Gasteiger partial charge >= 0.3 is 0 Å². The third-order valence-electron chi connectivity index (χ3n) is 4.03. The molecule has 0 unspecified atom stereocenters. The topological polar surface area (TPSA) is 56.8 Å².